The molecule has 0 amide bonds. The van der Waals surface area contributed by atoms with Gasteiger partial charge in [0.15, 0.2) is 4.80 Å². The monoisotopic (exact) mass is 528 g/mol. The Labute approximate surface area is 202 Å². The molecule has 170 valence electrons. The van der Waals surface area contributed by atoms with E-state index in [4.69, 9.17) is 9.47 Å². The van der Waals surface area contributed by atoms with E-state index in [2.05, 4.69) is 20.9 Å². The number of benzene rings is 2. The van der Waals surface area contributed by atoms with Gasteiger partial charge < -0.3 is 14.6 Å². The molecule has 0 bridgehead atoms. The van der Waals surface area contributed by atoms with Crippen LogP contribution in [0.4, 0.5) is 0 Å². The standard InChI is InChI=1S/C24H21BrN2O5S/c1-4-32-23(30)20-13(2)26-24-27(21(20)14-5-8-17(31-3)9-6-14)22(29)19(33-24)12-15-11-16(25)7-10-18(15)28/h5-12,21,28H,4H2,1-3H3/b19-12+. The van der Waals surface area contributed by atoms with E-state index < -0.39 is 12.0 Å². The van der Waals surface area contributed by atoms with Crippen molar-refractivity contribution in [2.24, 2.45) is 4.99 Å². The summed E-state index contributed by atoms with van der Waals surface area (Å²) >= 11 is 4.58. The van der Waals surface area contributed by atoms with Crippen LogP contribution >= 0.6 is 27.3 Å². The lowest BCUT2D eigenvalue weighted by molar-refractivity contribution is -0.139. The molecule has 33 heavy (non-hydrogen) atoms. The third kappa shape index (κ3) is 4.38. The van der Waals surface area contributed by atoms with Gasteiger partial charge in [-0.25, -0.2) is 9.79 Å². The van der Waals surface area contributed by atoms with Crippen LogP contribution in [0.2, 0.25) is 0 Å². The number of fused-ring (bicyclic) bond motifs is 1. The van der Waals surface area contributed by atoms with Crippen LogP contribution in [-0.2, 0) is 9.53 Å². The Morgan fingerprint density at radius 1 is 1.27 bits per heavy atom. The number of carbonyl (C=O) groups excluding carboxylic acids is 1. The molecule has 0 saturated heterocycles. The number of aromatic hydroxyl groups is 1. The lowest BCUT2D eigenvalue weighted by Gasteiger charge is -2.24. The zero-order valence-electron chi connectivity index (χ0n) is 18.2. The summed E-state index contributed by atoms with van der Waals surface area (Å²) in [5.74, 6) is 0.201. The average Bonchev–Trinajstić information content (AvgIpc) is 3.10. The number of methoxy groups -OCH3 is 1. The predicted molar refractivity (Wildman–Crippen MR) is 129 cm³/mol. The fourth-order valence-electron chi connectivity index (χ4n) is 3.68. The van der Waals surface area contributed by atoms with Crippen molar-refractivity contribution in [2.75, 3.05) is 13.7 Å². The number of nitrogens with zero attached hydrogens (tertiary/aromatic N) is 2. The van der Waals surface area contributed by atoms with Gasteiger partial charge in [0.2, 0.25) is 0 Å². The minimum Gasteiger partial charge on any atom is -0.507 e. The molecule has 0 aliphatic carbocycles. The number of ether oxygens (including phenoxy) is 2. The van der Waals surface area contributed by atoms with Crippen LogP contribution < -0.4 is 19.6 Å². The molecule has 1 aliphatic rings. The van der Waals surface area contributed by atoms with Gasteiger partial charge in [-0.2, -0.15) is 0 Å². The normalized spacial score (nSPS) is 15.8. The number of phenolic OH excluding ortho intramolecular Hbond substituents is 1. The van der Waals surface area contributed by atoms with Crippen molar-refractivity contribution >= 4 is 39.3 Å². The second kappa shape index (κ2) is 9.36. The quantitative estimate of drug-likeness (QED) is 0.513. The topological polar surface area (TPSA) is 90.1 Å². The van der Waals surface area contributed by atoms with Gasteiger partial charge >= 0.3 is 5.97 Å². The second-order valence-electron chi connectivity index (χ2n) is 7.28. The van der Waals surface area contributed by atoms with Gasteiger partial charge in [0.25, 0.3) is 5.56 Å². The van der Waals surface area contributed by atoms with E-state index in [-0.39, 0.29) is 17.9 Å². The van der Waals surface area contributed by atoms with Gasteiger partial charge in [-0.15, -0.1) is 0 Å². The van der Waals surface area contributed by atoms with Gasteiger partial charge in [-0.3, -0.25) is 9.36 Å². The molecule has 9 heteroatoms. The summed E-state index contributed by atoms with van der Waals surface area (Å²) < 4.78 is 13.2. The number of rotatable bonds is 5. The fraction of sp³-hybridized carbons (Fsp3) is 0.208. The lowest BCUT2D eigenvalue weighted by Crippen LogP contribution is -2.39. The molecule has 0 saturated carbocycles. The van der Waals surface area contributed by atoms with Crippen LogP contribution in [0.25, 0.3) is 6.08 Å². The van der Waals surface area contributed by atoms with E-state index in [1.165, 1.54) is 15.9 Å². The molecule has 1 aromatic heterocycles. The minimum absolute atomic E-state index is 0.0548. The molecule has 7 nitrogen and oxygen atoms in total. The summed E-state index contributed by atoms with van der Waals surface area (Å²) in [4.78, 5) is 31.4. The third-order valence-electron chi connectivity index (χ3n) is 5.22. The first kappa shape index (κ1) is 23.0. The number of carbonyl (C=O) groups is 1. The van der Waals surface area contributed by atoms with E-state index in [0.29, 0.717) is 31.9 Å². The number of thiazole rings is 1. The Balaban J connectivity index is 1.96. The molecular formula is C24H21BrN2O5S. The Hall–Kier alpha value is -3.17. The summed E-state index contributed by atoms with van der Waals surface area (Å²) in [5, 5.41) is 10.2. The molecule has 1 atom stereocenters. The van der Waals surface area contributed by atoms with Crippen LogP contribution in [0.1, 0.15) is 31.0 Å². The number of esters is 1. The molecule has 0 radical (unpaired) electrons. The van der Waals surface area contributed by atoms with E-state index >= 15 is 0 Å². The molecule has 4 rings (SSSR count). The smallest absolute Gasteiger partial charge is 0.338 e. The molecule has 0 fully saturated rings. The summed E-state index contributed by atoms with van der Waals surface area (Å²) in [6.07, 6.45) is 1.62. The maximum absolute atomic E-state index is 13.5. The fourth-order valence-corrected chi connectivity index (χ4v) is 5.09. The SMILES string of the molecule is CCOC(=O)C1=C(C)N=c2s/c(=C/c3cc(Br)ccc3O)c(=O)n2C1c1ccc(OC)cc1. The molecule has 3 aromatic rings. The number of halogens is 1. The predicted octanol–water partition coefficient (Wildman–Crippen LogP) is 3.28. The maximum Gasteiger partial charge on any atom is 0.338 e. The highest BCUT2D eigenvalue weighted by atomic mass is 79.9. The van der Waals surface area contributed by atoms with Crippen LogP contribution in [0.15, 0.2) is 68.0 Å². The summed E-state index contributed by atoms with van der Waals surface area (Å²) in [7, 11) is 1.57. The lowest BCUT2D eigenvalue weighted by atomic mass is 9.96. The number of aromatic nitrogens is 1. The Morgan fingerprint density at radius 2 is 2.00 bits per heavy atom. The highest BCUT2D eigenvalue weighted by Crippen LogP contribution is 2.31. The van der Waals surface area contributed by atoms with Crippen molar-refractivity contribution in [3.63, 3.8) is 0 Å². The first-order valence-corrected chi connectivity index (χ1v) is 11.8. The van der Waals surface area contributed by atoms with Gasteiger partial charge in [0.05, 0.1) is 35.6 Å². The number of phenols is 1. The number of allylic oxidation sites excluding steroid dienone is 1. The highest BCUT2D eigenvalue weighted by Gasteiger charge is 2.33. The number of hydrogen-bond acceptors (Lipinski definition) is 7. The van der Waals surface area contributed by atoms with Crippen LogP contribution in [0, 0.1) is 0 Å². The largest absolute Gasteiger partial charge is 0.507 e. The third-order valence-corrected chi connectivity index (χ3v) is 6.70. The molecule has 0 spiro atoms. The Morgan fingerprint density at radius 3 is 2.67 bits per heavy atom. The summed E-state index contributed by atoms with van der Waals surface area (Å²) in [6, 6.07) is 11.5. The number of hydrogen-bond donors (Lipinski definition) is 1. The highest BCUT2D eigenvalue weighted by molar-refractivity contribution is 9.10. The molecule has 1 aliphatic heterocycles. The zero-order valence-corrected chi connectivity index (χ0v) is 20.6. The molecule has 2 aromatic carbocycles. The zero-order chi connectivity index (χ0) is 23.7. The first-order chi connectivity index (χ1) is 15.8. The van der Waals surface area contributed by atoms with Crippen molar-refractivity contribution in [3.8, 4) is 11.5 Å². The van der Waals surface area contributed by atoms with E-state index in [0.717, 1.165) is 10.0 Å². The van der Waals surface area contributed by atoms with Crippen molar-refractivity contribution in [3.05, 3.63) is 89.0 Å². The summed E-state index contributed by atoms with van der Waals surface area (Å²) in [6.45, 7) is 3.67. The van der Waals surface area contributed by atoms with Crippen LogP contribution in [0.5, 0.6) is 11.5 Å². The molecule has 1 N–H and O–H groups in total. The Bertz CT molecular complexity index is 1440. The first-order valence-electron chi connectivity index (χ1n) is 10.2. The van der Waals surface area contributed by atoms with Gasteiger partial charge in [-0.05, 0) is 55.8 Å². The van der Waals surface area contributed by atoms with Gasteiger partial charge in [0.1, 0.15) is 11.5 Å². The van der Waals surface area contributed by atoms with E-state index in [1.807, 2.05) is 12.1 Å². The molecule has 1 unspecified atom stereocenters. The average molecular weight is 529 g/mol. The second-order valence-corrected chi connectivity index (χ2v) is 9.20. The van der Waals surface area contributed by atoms with Crippen molar-refractivity contribution in [1.82, 2.24) is 4.57 Å². The van der Waals surface area contributed by atoms with Crippen molar-refractivity contribution in [2.45, 2.75) is 19.9 Å². The van der Waals surface area contributed by atoms with Crippen LogP contribution in [-0.4, -0.2) is 29.4 Å². The molecule has 2 heterocycles. The minimum atomic E-state index is -0.704. The van der Waals surface area contributed by atoms with Crippen molar-refractivity contribution < 1.29 is 19.4 Å². The Kier molecular flexibility index (Phi) is 6.53. The van der Waals surface area contributed by atoms with Crippen LogP contribution in [0.3, 0.4) is 0 Å². The summed E-state index contributed by atoms with van der Waals surface area (Å²) in [5.41, 5.74) is 1.72. The van der Waals surface area contributed by atoms with Crippen molar-refractivity contribution in [1.29, 1.82) is 0 Å². The van der Waals surface area contributed by atoms with E-state index in [9.17, 15) is 14.7 Å². The van der Waals surface area contributed by atoms with E-state index in [1.54, 1.807) is 57.4 Å². The maximum atomic E-state index is 13.5. The molecular weight excluding hydrogens is 508 g/mol. The van der Waals surface area contributed by atoms with Gasteiger partial charge in [-0.1, -0.05) is 39.4 Å². The van der Waals surface area contributed by atoms with Gasteiger partial charge in [0, 0.05) is 10.0 Å².